The van der Waals surface area contributed by atoms with Crippen LogP contribution in [0.1, 0.15) is 19.3 Å². The van der Waals surface area contributed by atoms with Gasteiger partial charge in [0.25, 0.3) is 0 Å². The number of anilines is 1. The molecule has 0 heterocycles. The zero-order valence-electron chi connectivity index (χ0n) is 8.21. The molecule has 0 radical (unpaired) electrons. The summed E-state index contributed by atoms with van der Waals surface area (Å²) in [5.41, 5.74) is 0.912. The third kappa shape index (κ3) is 2.57. The highest BCUT2D eigenvalue weighted by molar-refractivity contribution is 6.42. The van der Waals surface area contributed by atoms with Gasteiger partial charge in [-0.2, -0.15) is 0 Å². The quantitative estimate of drug-likeness (QED) is 0.838. The van der Waals surface area contributed by atoms with Crippen molar-refractivity contribution in [3.05, 3.63) is 28.2 Å². The fourth-order valence-corrected chi connectivity index (χ4v) is 2.21. The summed E-state index contributed by atoms with van der Waals surface area (Å²) in [6.07, 6.45) is 2.69. The Kier molecular flexibility index (Phi) is 3.39. The normalized spacial score (nSPS) is 25.5. The van der Waals surface area contributed by atoms with Crippen molar-refractivity contribution < 1.29 is 5.11 Å². The monoisotopic (exact) mass is 245 g/mol. The molecule has 1 aromatic carbocycles. The van der Waals surface area contributed by atoms with Gasteiger partial charge in [-0.05, 0) is 37.5 Å². The lowest BCUT2D eigenvalue weighted by atomic mass is 10.2. The Bertz CT molecular complexity index is 356. The second kappa shape index (κ2) is 4.60. The molecule has 4 heteroatoms. The predicted molar refractivity (Wildman–Crippen MR) is 63.7 cm³/mol. The maximum Gasteiger partial charge on any atom is 0.0741 e. The molecule has 0 aromatic heterocycles. The number of aliphatic hydroxyl groups is 1. The van der Waals surface area contributed by atoms with Crippen molar-refractivity contribution in [1.29, 1.82) is 0 Å². The van der Waals surface area contributed by atoms with Crippen LogP contribution < -0.4 is 5.32 Å². The number of halogens is 2. The topological polar surface area (TPSA) is 32.3 Å². The number of benzene rings is 1. The number of rotatable bonds is 2. The zero-order chi connectivity index (χ0) is 10.8. The third-order valence-electron chi connectivity index (χ3n) is 2.75. The lowest BCUT2D eigenvalue weighted by Crippen LogP contribution is -2.27. The van der Waals surface area contributed by atoms with Gasteiger partial charge in [0.1, 0.15) is 0 Å². The lowest BCUT2D eigenvalue weighted by Gasteiger charge is -2.18. The number of aliphatic hydroxyl groups excluding tert-OH is 1. The van der Waals surface area contributed by atoms with Gasteiger partial charge >= 0.3 is 0 Å². The van der Waals surface area contributed by atoms with Gasteiger partial charge in [-0.15, -0.1) is 0 Å². The van der Waals surface area contributed by atoms with Gasteiger partial charge in [0.2, 0.25) is 0 Å². The van der Waals surface area contributed by atoms with Crippen LogP contribution in [-0.2, 0) is 0 Å². The van der Waals surface area contributed by atoms with Crippen LogP contribution in [0.2, 0.25) is 10.0 Å². The number of hydrogen-bond donors (Lipinski definition) is 2. The summed E-state index contributed by atoms with van der Waals surface area (Å²) >= 11 is 11.7. The minimum atomic E-state index is -0.251. The third-order valence-corrected chi connectivity index (χ3v) is 3.49. The Morgan fingerprint density at radius 2 is 2.00 bits per heavy atom. The Hall–Kier alpha value is -0.440. The van der Waals surface area contributed by atoms with E-state index in [4.69, 9.17) is 23.2 Å². The first-order valence-electron chi connectivity index (χ1n) is 5.06. The van der Waals surface area contributed by atoms with Crippen molar-refractivity contribution in [3.8, 4) is 0 Å². The molecule has 1 aliphatic rings. The number of nitrogens with one attached hydrogen (secondary N) is 1. The van der Waals surface area contributed by atoms with Crippen LogP contribution >= 0.6 is 23.2 Å². The summed E-state index contributed by atoms with van der Waals surface area (Å²) in [7, 11) is 0. The van der Waals surface area contributed by atoms with E-state index < -0.39 is 0 Å². The van der Waals surface area contributed by atoms with E-state index in [0.29, 0.717) is 10.0 Å². The molecule has 2 rings (SSSR count). The summed E-state index contributed by atoms with van der Waals surface area (Å²) in [4.78, 5) is 0. The highest BCUT2D eigenvalue weighted by atomic mass is 35.5. The molecule has 1 aromatic rings. The van der Waals surface area contributed by atoms with Gasteiger partial charge in [-0.3, -0.25) is 0 Å². The first-order chi connectivity index (χ1) is 7.16. The summed E-state index contributed by atoms with van der Waals surface area (Å²) in [6, 6.07) is 5.56. The molecule has 82 valence electrons. The molecule has 0 saturated heterocycles. The van der Waals surface area contributed by atoms with E-state index >= 15 is 0 Å². The Balaban J connectivity index is 2.07. The molecule has 2 nitrogen and oxygen atoms in total. The molecular formula is C11H13Cl2NO. The minimum absolute atomic E-state index is 0.141. The SMILES string of the molecule is O[C@H]1CCC[C@@H]1Nc1ccc(Cl)c(Cl)c1. The van der Waals surface area contributed by atoms with Gasteiger partial charge in [0.15, 0.2) is 0 Å². The molecule has 2 N–H and O–H groups in total. The summed E-state index contributed by atoms with van der Waals surface area (Å²) < 4.78 is 0. The van der Waals surface area contributed by atoms with Gasteiger partial charge < -0.3 is 10.4 Å². The second-order valence-electron chi connectivity index (χ2n) is 3.88. The molecule has 0 unspecified atom stereocenters. The first-order valence-corrected chi connectivity index (χ1v) is 5.82. The van der Waals surface area contributed by atoms with Crippen molar-refractivity contribution in [2.45, 2.75) is 31.4 Å². The lowest BCUT2D eigenvalue weighted by molar-refractivity contribution is 0.172. The van der Waals surface area contributed by atoms with E-state index in [1.54, 1.807) is 12.1 Å². The highest BCUT2D eigenvalue weighted by Gasteiger charge is 2.24. The van der Waals surface area contributed by atoms with Gasteiger partial charge in [-0.1, -0.05) is 23.2 Å². The average molecular weight is 246 g/mol. The standard InChI is InChI=1S/C11H13Cl2NO/c12-8-5-4-7(6-9(8)13)14-10-2-1-3-11(10)15/h4-6,10-11,14-15H,1-3H2/t10-,11-/m0/s1. The molecule has 1 aliphatic carbocycles. The average Bonchev–Trinajstić information content (AvgIpc) is 2.59. The van der Waals surface area contributed by atoms with Crippen LogP contribution in [0, 0.1) is 0 Å². The Morgan fingerprint density at radius 3 is 2.60 bits per heavy atom. The maximum absolute atomic E-state index is 9.65. The van der Waals surface area contributed by atoms with Crippen LogP contribution in [-0.4, -0.2) is 17.3 Å². The van der Waals surface area contributed by atoms with Crippen molar-refractivity contribution >= 4 is 28.9 Å². The van der Waals surface area contributed by atoms with Crippen molar-refractivity contribution in [3.63, 3.8) is 0 Å². The second-order valence-corrected chi connectivity index (χ2v) is 4.69. The van der Waals surface area contributed by atoms with Gasteiger partial charge in [0.05, 0.1) is 22.2 Å². The molecule has 1 saturated carbocycles. The molecule has 15 heavy (non-hydrogen) atoms. The smallest absolute Gasteiger partial charge is 0.0741 e. The van der Waals surface area contributed by atoms with Crippen LogP contribution in [0.3, 0.4) is 0 Å². The van der Waals surface area contributed by atoms with E-state index in [1.807, 2.05) is 6.07 Å². The fourth-order valence-electron chi connectivity index (χ4n) is 1.91. The van der Waals surface area contributed by atoms with Crippen molar-refractivity contribution in [2.75, 3.05) is 5.32 Å². The predicted octanol–water partition coefficient (Wildman–Crippen LogP) is 3.32. The molecule has 0 amide bonds. The molecular weight excluding hydrogens is 233 g/mol. The van der Waals surface area contributed by atoms with Crippen LogP contribution in [0.15, 0.2) is 18.2 Å². The Morgan fingerprint density at radius 1 is 1.20 bits per heavy atom. The van der Waals surface area contributed by atoms with Crippen LogP contribution in [0.25, 0.3) is 0 Å². The fraction of sp³-hybridized carbons (Fsp3) is 0.455. The first kappa shape index (κ1) is 11.1. The van der Waals surface area contributed by atoms with Crippen LogP contribution in [0.5, 0.6) is 0 Å². The largest absolute Gasteiger partial charge is 0.391 e. The maximum atomic E-state index is 9.65. The molecule has 0 spiro atoms. The van der Waals surface area contributed by atoms with E-state index in [-0.39, 0.29) is 12.1 Å². The highest BCUT2D eigenvalue weighted by Crippen LogP contribution is 2.28. The van der Waals surface area contributed by atoms with E-state index in [1.165, 1.54) is 0 Å². The van der Waals surface area contributed by atoms with Gasteiger partial charge in [-0.25, -0.2) is 0 Å². The van der Waals surface area contributed by atoms with Gasteiger partial charge in [0, 0.05) is 5.69 Å². The summed E-state index contributed by atoms with van der Waals surface area (Å²) in [6.45, 7) is 0. The minimum Gasteiger partial charge on any atom is -0.391 e. The summed E-state index contributed by atoms with van der Waals surface area (Å²) in [5, 5.41) is 14.0. The van der Waals surface area contributed by atoms with E-state index in [9.17, 15) is 5.11 Å². The van der Waals surface area contributed by atoms with Crippen molar-refractivity contribution in [2.24, 2.45) is 0 Å². The van der Waals surface area contributed by atoms with Crippen LogP contribution in [0.4, 0.5) is 5.69 Å². The molecule has 0 aliphatic heterocycles. The summed E-state index contributed by atoms with van der Waals surface area (Å²) in [5.74, 6) is 0. The van der Waals surface area contributed by atoms with Crippen molar-refractivity contribution in [1.82, 2.24) is 0 Å². The van der Waals surface area contributed by atoms with E-state index in [0.717, 1.165) is 24.9 Å². The molecule has 0 bridgehead atoms. The molecule has 1 fully saturated rings. The van der Waals surface area contributed by atoms with E-state index in [2.05, 4.69) is 5.32 Å². The Labute approximate surface area is 99.2 Å². The molecule has 2 atom stereocenters. The zero-order valence-corrected chi connectivity index (χ0v) is 9.72. The number of hydrogen-bond acceptors (Lipinski definition) is 2.